The molecule has 0 unspecified atom stereocenters. The molecular weight excluding hydrogens is 262 g/mol. The molecule has 0 saturated carbocycles. The van der Waals surface area contributed by atoms with Crippen LogP contribution in [0.1, 0.15) is 18.1 Å². The van der Waals surface area contributed by atoms with Crippen molar-refractivity contribution in [3.05, 3.63) is 21.7 Å². The van der Waals surface area contributed by atoms with Crippen LogP contribution in [-0.4, -0.2) is 12.2 Å². The van der Waals surface area contributed by atoms with Gasteiger partial charge in [0.1, 0.15) is 0 Å². The average molecular weight is 276 g/mol. The van der Waals surface area contributed by atoms with Gasteiger partial charge in [-0.3, -0.25) is 4.84 Å². The maximum Gasteiger partial charge on any atom is 0.164 e. The number of halogens is 1. The fourth-order valence-electron chi connectivity index (χ4n) is 1.36. The summed E-state index contributed by atoms with van der Waals surface area (Å²) in [6.07, 6.45) is 0.828. The smallest absolute Gasteiger partial charge is 0.164 e. The number of rotatable bonds is 4. The molecule has 84 valence electrons. The number of phenols is 1. The van der Waals surface area contributed by atoms with Gasteiger partial charge in [-0.25, -0.2) is 5.90 Å². The third-order valence-corrected chi connectivity index (χ3v) is 3.19. The van der Waals surface area contributed by atoms with Crippen molar-refractivity contribution in [2.45, 2.75) is 20.0 Å². The van der Waals surface area contributed by atoms with E-state index >= 15 is 0 Å². The highest BCUT2D eigenvalue weighted by molar-refractivity contribution is 9.10. The van der Waals surface area contributed by atoms with Crippen molar-refractivity contribution >= 4 is 15.9 Å². The van der Waals surface area contributed by atoms with Gasteiger partial charge in [-0.05, 0) is 34.0 Å². The summed E-state index contributed by atoms with van der Waals surface area (Å²) < 4.78 is 5.88. The minimum atomic E-state index is 0.0621. The van der Waals surface area contributed by atoms with E-state index in [0.717, 1.165) is 16.5 Å². The lowest BCUT2D eigenvalue weighted by atomic mass is 10.1. The molecule has 0 spiro atoms. The molecule has 0 bridgehead atoms. The Kier molecular flexibility index (Phi) is 4.38. The van der Waals surface area contributed by atoms with Gasteiger partial charge >= 0.3 is 0 Å². The Morgan fingerprint density at radius 1 is 1.53 bits per heavy atom. The number of benzene rings is 1. The van der Waals surface area contributed by atoms with E-state index in [2.05, 4.69) is 20.8 Å². The maximum atomic E-state index is 9.83. The summed E-state index contributed by atoms with van der Waals surface area (Å²) in [5.41, 5.74) is 1.64. The molecule has 0 aromatic heterocycles. The number of phenolic OH excluding ortho intramolecular Hbond substituents is 1. The first-order valence-electron chi connectivity index (χ1n) is 4.54. The molecule has 0 amide bonds. The Morgan fingerprint density at radius 2 is 2.20 bits per heavy atom. The summed E-state index contributed by atoms with van der Waals surface area (Å²) in [5.74, 6) is 5.50. The van der Waals surface area contributed by atoms with Gasteiger partial charge in [0.25, 0.3) is 0 Å². The van der Waals surface area contributed by atoms with E-state index in [4.69, 9.17) is 10.6 Å². The van der Waals surface area contributed by atoms with Crippen LogP contribution in [0, 0.1) is 0 Å². The van der Waals surface area contributed by atoms with Gasteiger partial charge < -0.3 is 9.84 Å². The van der Waals surface area contributed by atoms with Crippen molar-refractivity contribution in [1.82, 2.24) is 0 Å². The third-order valence-electron chi connectivity index (χ3n) is 2.20. The van der Waals surface area contributed by atoms with Crippen molar-refractivity contribution in [3.8, 4) is 11.5 Å². The van der Waals surface area contributed by atoms with E-state index in [1.807, 2.05) is 6.92 Å². The second-order valence-corrected chi connectivity index (χ2v) is 3.84. The van der Waals surface area contributed by atoms with Crippen LogP contribution in [-0.2, 0) is 17.9 Å². The van der Waals surface area contributed by atoms with Crippen LogP contribution in [0.3, 0.4) is 0 Å². The predicted octanol–water partition coefficient (Wildman–Crippen LogP) is 2.12. The van der Waals surface area contributed by atoms with E-state index < -0.39 is 0 Å². The molecule has 1 aromatic carbocycles. The van der Waals surface area contributed by atoms with Crippen LogP contribution in [0.4, 0.5) is 0 Å². The zero-order valence-electron chi connectivity index (χ0n) is 8.71. The molecule has 0 heterocycles. The van der Waals surface area contributed by atoms with Gasteiger partial charge in [-0.15, -0.1) is 0 Å². The number of hydrogen-bond donors (Lipinski definition) is 2. The number of methoxy groups -OCH3 is 1. The van der Waals surface area contributed by atoms with E-state index in [1.165, 1.54) is 7.11 Å². The Hall–Kier alpha value is -0.780. The van der Waals surface area contributed by atoms with Gasteiger partial charge in [0.2, 0.25) is 0 Å². The van der Waals surface area contributed by atoms with Gasteiger partial charge in [-0.1, -0.05) is 6.92 Å². The fourth-order valence-corrected chi connectivity index (χ4v) is 2.06. The molecule has 0 aliphatic rings. The summed E-state index contributed by atoms with van der Waals surface area (Å²) in [5, 5.41) is 9.83. The highest BCUT2D eigenvalue weighted by Gasteiger charge is 2.15. The first kappa shape index (κ1) is 12.3. The second-order valence-electron chi connectivity index (χ2n) is 3.04. The van der Waals surface area contributed by atoms with Crippen LogP contribution >= 0.6 is 15.9 Å². The van der Waals surface area contributed by atoms with Gasteiger partial charge in [-0.2, -0.15) is 0 Å². The van der Waals surface area contributed by atoms with Gasteiger partial charge in [0.05, 0.1) is 13.7 Å². The van der Waals surface area contributed by atoms with Gasteiger partial charge in [0.15, 0.2) is 11.5 Å². The monoisotopic (exact) mass is 275 g/mol. The highest BCUT2D eigenvalue weighted by Crippen LogP contribution is 2.38. The first-order chi connectivity index (χ1) is 7.15. The Morgan fingerprint density at radius 3 is 2.67 bits per heavy atom. The Bertz CT molecular complexity index is 327. The van der Waals surface area contributed by atoms with Gasteiger partial charge in [0, 0.05) is 10.0 Å². The second kappa shape index (κ2) is 5.34. The SMILES string of the molecule is CCc1cc(OC)c(O)c(CON)c1Br. The Labute approximate surface area is 97.1 Å². The molecule has 4 nitrogen and oxygen atoms in total. The lowest BCUT2D eigenvalue weighted by Gasteiger charge is -2.13. The molecule has 0 aliphatic heterocycles. The van der Waals surface area contributed by atoms with Crippen molar-refractivity contribution in [3.63, 3.8) is 0 Å². The fraction of sp³-hybridized carbons (Fsp3) is 0.400. The molecule has 15 heavy (non-hydrogen) atoms. The molecule has 1 aromatic rings. The molecule has 0 aliphatic carbocycles. The number of ether oxygens (including phenoxy) is 1. The van der Waals surface area contributed by atoms with Crippen LogP contribution in [0.25, 0.3) is 0 Å². The number of hydrogen-bond acceptors (Lipinski definition) is 4. The number of aryl methyl sites for hydroxylation is 1. The average Bonchev–Trinajstić information content (AvgIpc) is 2.25. The van der Waals surface area contributed by atoms with Crippen molar-refractivity contribution in [1.29, 1.82) is 0 Å². The lowest BCUT2D eigenvalue weighted by Crippen LogP contribution is -2.02. The number of nitrogens with two attached hydrogens (primary N) is 1. The van der Waals surface area contributed by atoms with Crippen LogP contribution in [0.5, 0.6) is 11.5 Å². The summed E-state index contributed by atoms with van der Waals surface area (Å²) in [7, 11) is 1.51. The van der Waals surface area contributed by atoms with Crippen molar-refractivity contribution in [2.24, 2.45) is 5.90 Å². The minimum Gasteiger partial charge on any atom is -0.504 e. The molecule has 5 heteroatoms. The quantitative estimate of drug-likeness (QED) is 0.827. The lowest BCUT2D eigenvalue weighted by molar-refractivity contribution is 0.121. The normalized spacial score (nSPS) is 10.4. The summed E-state index contributed by atoms with van der Waals surface area (Å²) >= 11 is 3.41. The summed E-state index contributed by atoms with van der Waals surface area (Å²) in [6.45, 7) is 2.15. The predicted molar refractivity (Wildman–Crippen MR) is 60.7 cm³/mol. The van der Waals surface area contributed by atoms with Crippen molar-refractivity contribution in [2.75, 3.05) is 7.11 Å². The van der Waals surface area contributed by atoms with E-state index in [1.54, 1.807) is 6.07 Å². The summed E-state index contributed by atoms with van der Waals surface area (Å²) in [6, 6.07) is 1.79. The Balaban J connectivity index is 3.32. The largest absolute Gasteiger partial charge is 0.504 e. The zero-order chi connectivity index (χ0) is 11.4. The molecule has 1 rings (SSSR count). The molecule has 0 radical (unpaired) electrons. The van der Waals surface area contributed by atoms with Crippen molar-refractivity contribution < 1.29 is 14.7 Å². The van der Waals surface area contributed by atoms with E-state index in [9.17, 15) is 5.11 Å². The topological polar surface area (TPSA) is 64.7 Å². The van der Waals surface area contributed by atoms with Crippen LogP contribution < -0.4 is 10.6 Å². The molecule has 0 saturated heterocycles. The maximum absolute atomic E-state index is 9.83. The highest BCUT2D eigenvalue weighted by atomic mass is 79.9. The zero-order valence-corrected chi connectivity index (χ0v) is 10.3. The molecule has 3 N–H and O–H groups in total. The number of aromatic hydroxyl groups is 1. The minimum absolute atomic E-state index is 0.0621. The first-order valence-corrected chi connectivity index (χ1v) is 5.33. The molecule has 0 fully saturated rings. The van der Waals surface area contributed by atoms with E-state index in [0.29, 0.717) is 11.3 Å². The summed E-state index contributed by atoms with van der Waals surface area (Å²) in [4.78, 5) is 4.54. The molecular formula is C10H14BrNO3. The van der Waals surface area contributed by atoms with E-state index in [-0.39, 0.29) is 12.4 Å². The molecule has 0 atom stereocenters. The third kappa shape index (κ3) is 2.42. The van der Waals surface area contributed by atoms with Crippen LogP contribution in [0.15, 0.2) is 10.5 Å². The van der Waals surface area contributed by atoms with Crippen LogP contribution in [0.2, 0.25) is 0 Å². The standard InChI is InChI=1S/C10H14BrNO3/c1-3-6-4-8(14-2)10(13)7(5-15-12)9(6)11/h4,13H,3,5,12H2,1-2H3.